The van der Waals surface area contributed by atoms with Crippen LogP contribution in [0.4, 0.5) is 5.69 Å². The van der Waals surface area contributed by atoms with E-state index < -0.39 is 12.0 Å². The fraction of sp³-hybridized carbons (Fsp3) is 0.471. The monoisotopic (exact) mass is 332 g/mol. The van der Waals surface area contributed by atoms with Gasteiger partial charge in [-0.25, -0.2) is 4.79 Å². The molecule has 1 saturated carbocycles. The van der Waals surface area contributed by atoms with Crippen molar-refractivity contribution in [2.24, 2.45) is 5.92 Å². The van der Waals surface area contributed by atoms with E-state index in [1.54, 1.807) is 24.3 Å². The number of rotatable bonds is 5. The number of amides is 2. The molecule has 128 valence electrons. The van der Waals surface area contributed by atoms with Crippen molar-refractivity contribution in [3.8, 4) is 0 Å². The minimum atomic E-state index is -1.03. The van der Waals surface area contributed by atoms with Gasteiger partial charge in [0.25, 0.3) is 5.91 Å². The largest absolute Gasteiger partial charge is 0.480 e. The highest BCUT2D eigenvalue weighted by Crippen LogP contribution is 2.30. The average molecular weight is 332 g/mol. The maximum Gasteiger partial charge on any atom is 0.326 e. The van der Waals surface area contributed by atoms with E-state index in [9.17, 15) is 19.5 Å². The van der Waals surface area contributed by atoms with Gasteiger partial charge in [0.2, 0.25) is 5.91 Å². The lowest BCUT2D eigenvalue weighted by molar-refractivity contribution is -0.141. The summed E-state index contributed by atoms with van der Waals surface area (Å²) in [6, 6.07) is 5.64. The number of nitrogens with zero attached hydrogens (tertiary/aromatic N) is 1. The molecule has 3 rings (SSSR count). The first-order valence-electron chi connectivity index (χ1n) is 7.97. The number of carbonyl (C=O) groups excluding carboxylic acids is 2. The lowest BCUT2D eigenvalue weighted by Gasteiger charge is -2.21. The summed E-state index contributed by atoms with van der Waals surface area (Å²) in [4.78, 5) is 37.0. The number of likely N-dealkylation sites (tertiary alicyclic amines) is 1. The number of carboxylic acids is 1. The molecular formula is C17H20N2O5. The third kappa shape index (κ3) is 3.41. The van der Waals surface area contributed by atoms with Crippen molar-refractivity contribution < 1.29 is 24.2 Å². The van der Waals surface area contributed by atoms with E-state index in [2.05, 4.69) is 5.32 Å². The molecule has 1 heterocycles. The second kappa shape index (κ2) is 6.60. The Kier molecular flexibility index (Phi) is 4.53. The van der Waals surface area contributed by atoms with Gasteiger partial charge in [-0.1, -0.05) is 0 Å². The molecule has 0 aromatic heterocycles. The van der Waals surface area contributed by atoms with Gasteiger partial charge in [-0.15, -0.1) is 0 Å². The molecule has 2 N–H and O–H groups in total. The summed E-state index contributed by atoms with van der Waals surface area (Å²) in [6.45, 7) is 0.256. The van der Waals surface area contributed by atoms with Crippen LogP contribution < -0.4 is 5.32 Å². The zero-order valence-electron chi connectivity index (χ0n) is 13.4. The molecule has 24 heavy (non-hydrogen) atoms. The lowest BCUT2D eigenvalue weighted by Crippen LogP contribution is -2.40. The number of hydrogen-bond donors (Lipinski definition) is 2. The van der Waals surface area contributed by atoms with Crippen LogP contribution in [0.3, 0.4) is 0 Å². The number of hydrogen-bond acceptors (Lipinski definition) is 4. The fourth-order valence-electron chi connectivity index (χ4n) is 2.88. The van der Waals surface area contributed by atoms with Crippen LogP contribution in [0.15, 0.2) is 24.3 Å². The molecule has 2 unspecified atom stereocenters. The van der Waals surface area contributed by atoms with Crippen LogP contribution in [0, 0.1) is 5.92 Å². The maximum atomic E-state index is 12.6. The molecule has 1 aliphatic heterocycles. The Morgan fingerprint density at radius 1 is 1.21 bits per heavy atom. The van der Waals surface area contributed by atoms with Crippen LogP contribution in [0.1, 0.15) is 29.6 Å². The van der Waals surface area contributed by atoms with Crippen LogP contribution in [0.2, 0.25) is 0 Å². The van der Waals surface area contributed by atoms with Gasteiger partial charge in [0.1, 0.15) is 6.04 Å². The van der Waals surface area contributed by atoms with Gasteiger partial charge in [-0.05, 0) is 37.1 Å². The molecule has 2 aliphatic rings. The van der Waals surface area contributed by atoms with E-state index in [1.807, 2.05) is 0 Å². The number of carboxylic acid groups (broad SMARTS) is 1. The zero-order valence-corrected chi connectivity index (χ0v) is 13.4. The van der Waals surface area contributed by atoms with Crippen molar-refractivity contribution in [2.45, 2.75) is 31.4 Å². The molecule has 7 nitrogen and oxygen atoms in total. The van der Waals surface area contributed by atoms with Crippen LogP contribution in [0.5, 0.6) is 0 Å². The predicted molar refractivity (Wildman–Crippen MR) is 85.7 cm³/mol. The molecule has 2 amide bonds. The predicted octanol–water partition coefficient (Wildman–Crippen LogP) is 1.35. The Bertz CT molecular complexity index is 653. The third-order valence-corrected chi connectivity index (χ3v) is 4.49. The van der Waals surface area contributed by atoms with E-state index in [4.69, 9.17) is 4.74 Å². The molecule has 0 spiro atoms. The molecule has 1 saturated heterocycles. The highest BCUT2D eigenvalue weighted by Gasteiger charge is 2.40. The molecule has 1 aromatic carbocycles. The normalized spacial score (nSPS) is 23.1. The smallest absolute Gasteiger partial charge is 0.326 e. The SMILES string of the molecule is COC1CC(C(=O)O)N(C(=O)c2ccc(NC(=O)C3CC3)cc2)C1. The van der Waals surface area contributed by atoms with Crippen molar-refractivity contribution in [1.29, 1.82) is 0 Å². The minimum Gasteiger partial charge on any atom is -0.480 e. The number of methoxy groups -OCH3 is 1. The highest BCUT2D eigenvalue weighted by atomic mass is 16.5. The first-order valence-corrected chi connectivity index (χ1v) is 7.97. The number of nitrogens with one attached hydrogen (secondary N) is 1. The van der Waals surface area contributed by atoms with Gasteiger partial charge in [-0.3, -0.25) is 9.59 Å². The quantitative estimate of drug-likeness (QED) is 0.848. The number of aliphatic carboxylic acids is 1. The summed E-state index contributed by atoms with van der Waals surface area (Å²) in [7, 11) is 1.51. The number of carbonyl (C=O) groups is 3. The number of benzene rings is 1. The van der Waals surface area contributed by atoms with Crippen molar-refractivity contribution >= 4 is 23.5 Å². The molecule has 0 bridgehead atoms. The van der Waals surface area contributed by atoms with Gasteiger partial charge >= 0.3 is 5.97 Å². The Morgan fingerprint density at radius 2 is 1.88 bits per heavy atom. The third-order valence-electron chi connectivity index (χ3n) is 4.49. The number of ether oxygens (including phenoxy) is 1. The van der Waals surface area contributed by atoms with Gasteiger partial charge in [0.15, 0.2) is 0 Å². The summed E-state index contributed by atoms with van der Waals surface area (Å²) in [5.74, 6) is -1.26. The molecule has 7 heteroatoms. The van der Waals surface area contributed by atoms with Crippen LogP contribution in [0.25, 0.3) is 0 Å². The van der Waals surface area contributed by atoms with E-state index in [0.29, 0.717) is 11.3 Å². The summed E-state index contributed by atoms with van der Waals surface area (Å²) >= 11 is 0. The molecule has 2 atom stereocenters. The molecule has 0 radical (unpaired) electrons. The van der Waals surface area contributed by atoms with E-state index >= 15 is 0 Å². The molecular weight excluding hydrogens is 312 g/mol. The fourth-order valence-corrected chi connectivity index (χ4v) is 2.88. The van der Waals surface area contributed by atoms with Crippen molar-refractivity contribution in [2.75, 3.05) is 19.0 Å². The van der Waals surface area contributed by atoms with E-state index in [1.165, 1.54) is 12.0 Å². The Morgan fingerprint density at radius 3 is 2.42 bits per heavy atom. The van der Waals surface area contributed by atoms with Gasteiger partial charge in [0.05, 0.1) is 6.10 Å². The summed E-state index contributed by atoms with van der Waals surface area (Å²) in [5, 5.41) is 12.1. The van der Waals surface area contributed by atoms with Crippen LogP contribution >= 0.6 is 0 Å². The van der Waals surface area contributed by atoms with Crippen LogP contribution in [-0.2, 0) is 14.3 Å². The second-order valence-corrected chi connectivity index (χ2v) is 6.25. The summed E-state index contributed by atoms with van der Waals surface area (Å²) in [5.41, 5.74) is 1.02. The first-order chi connectivity index (χ1) is 11.5. The molecule has 2 fully saturated rings. The second-order valence-electron chi connectivity index (χ2n) is 6.25. The lowest BCUT2D eigenvalue weighted by atomic mass is 10.1. The standard InChI is InChI=1S/C17H20N2O5/c1-24-13-8-14(17(22)23)19(9-13)16(21)11-4-6-12(7-5-11)18-15(20)10-2-3-10/h4-7,10,13-14H,2-3,8-9H2,1H3,(H,18,20)(H,22,23). The Labute approximate surface area is 139 Å². The maximum absolute atomic E-state index is 12.6. The highest BCUT2D eigenvalue weighted by molar-refractivity contribution is 5.98. The summed E-state index contributed by atoms with van der Waals surface area (Å²) in [6.07, 6.45) is 1.86. The van der Waals surface area contributed by atoms with E-state index in [0.717, 1.165) is 12.8 Å². The van der Waals surface area contributed by atoms with Gasteiger partial charge in [-0.2, -0.15) is 0 Å². The Balaban J connectivity index is 1.69. The minimum absolute atomic E-state index is 0.00231. The van der Waals surface area contributed by atoms with Crippen molar-refractivity contribution in [3.63, 3.8) is 0 Å². The average Bonchev–Trinajstić information content (AvgIpc) is 3.33. The van der Waals surface area contributed by atoms with Crippen molar-refractivity contribution in [3.05, 3.63) is 29.8 Å². The number of anilines is 1. The van der Waals surface area contributed by atoms with E-state index in [-0.39, 0.29) is 36.8 Å². The molecule has 1 aromatic rings. The van der Waals surface area contributed by atoms with Crippen molar-refractivity contribution in [1.82, 2.24) is 4.90 Å². The first kappa shape index (κ1) is 16.4. The zero-order chi connectivity index (χ0) is 17.3. The van der Waals surface area contributed by atoms with Gasteiger partial charge in [0, 0.05) is 37.2 Å². The van der Waals surface area contributed by atoms with Gasteiger partial charge < -0.3 is 20.1 Å². The summed E-state index contributed by atoms with van der Waals surface area (Å²) < 4.78 is 5.19. The topological polar surface area (TPSA) is 95.9 Å². The molecule has 1 aliphatic carbocycles. The van der Waals surface area contributed by atoms with Crippen LogP contribution in [-0.4, -0.2) is 53.6 Å². The Hall–Kier alpha value is -2.41.